The summed E-state index contributed by atoms with van der Waals surface area (Å²) in [4.78, 5) is 2.64. The van der Waals surface area contributed by atoms with Crippen molar-refractivity contribution in [3.63, 3.8) is 0 Å². The van der Waals surface area contributed by atoms with Gasteiger partial charge in [-0.3, -0.25) is 4.72 Å². The number of nitrogens with zero attached hydrogens (tertiary/aromatic N) is 1. The number of nitriles is 1. The zero-order valence-corrected chi connectivity index (χ0v) is 13.4. The molecule has 0 radical (unpaired) electrons. The summed E-state index contributed by atoms with van der Waals surface area (Å²) < 4.78 is 54.4. The number of benzene rings is 2. The average molecular weight is 359 g/mol. The fraction of sp³-hybridized carbons (Fsp3) is 0. The zero-order chi connectivity index (χ0) is 18.0. The summed E-state index contributed by atoms with van der Waals surface area (Å²) in [5.74, 6) is -2.34. The molecule has 2 N–H and O–H groups in total. The van der Waals surface area contributed by atoms with E-state index in [1.807, 2.05) is 10.8 Å². The second kappa shape index (κ2) is 6.37. The maximum atomic E-state index is 13.9. The molecular formula is C17H11F2N3O2S. The van der Waals surface area contributed by atoms with Crippen LogP contribution in [0.25, 0.3) is 11.3 Å². The van der Waals surface area contributed by atoms with Crippen LogP contribution in [0.2, 0.25) is 0 Å². The van der Waals surface area contributed by atoms with Crippen LogP contribution in [-0.2, 0) is 10.0 Å². The third-order valence-corrected chi connectivity index (χ3v) is 4.79. The first-order valence-corrected chi connectivity index (χ1v) is 8.55. The molecule has 1 heterocycles. The van der Waals surface area contributed by atoms with Gasteiger partial charge in [-0.05, 0) is 23.8 Å². The minimum Gasteiger partial charge on any atom is -0.360 e. The minimum atomic E-state index is -4.21. The number of aromatic amines is 1. The summed E-state index contributed by atoms with van der Waals surface area (Å²) in [7, 11) is -4.21. The Balaban J connectivity index is 1.94. The number of anilines is 1. The van der Waals surface area contributed by atoms with Crippen molar-refractivity contribution in [3.8, 4) is 17.3 Å². The molecule has 8 heteroatoms. The fourth-order valence-corrected chi connectivity index (χ4v) is 3.31. The Kier molecular flexibility index (Phi) is 4.25. The molecule has 0 amide bonds. The Labute approximate surface area is 142 Å². The highest BCUT2D eigenvalue weighted by Crippen LogP contribution is 2.26. The topological polar surface area (TPSA) is 85.8 Å². The van der Waals surface area contributed by atoms with Crippen LogP contribution in [0, 0.1) is 23.0 Å². The third-order valence-electron chi connectivity index (χ3n) is 3.46. The lowest BCUT2D eigenvalue weighted by atomic mass is 10.2. The lowest BCUT2D eigenvalue weighted by Gasteiger charge is -2.09. The fourth-order valence-electron chi connectivity index (χ4n) is 2.24. The molecule has 3 rings (SSSR count). The van der Waals surface area contributed by atoms with Crippen molar-refractivity contribution in [1.29, 1.82) is 5.26 Å². The third kappa shape index (κ3) is 3.36. The molecule has 5 nitrogen and oxygen atoms in total. The SMILES string of the molecule is N#Cc1cc(F)c(NS(=O)(=O)c2c[nH]c(-c3ccccc3)c2)c(F)c1. The maximum absolute atomic E-state index is 13.9. The normalized spacial score (nSPS) is 11.1. The van der Waals surface area contributed by atoms with E-state index in [4.69, 9.17) is 5.26 Å². The van der Waals surface area contributed by atoms with E-state index in [2.05, 4.69) is 4.98 Å². The van der Waals surface area contributed by atoms with Gasteiger partial charge >= 0.3 is 0 Å². The number of hydrogen-bond acceptors (Lipinski definition) is 3. The van der Waals surface area contributed by atoms with Crippen LogP contribution < -0.4 is 4.72 Å². The van der Waals surface area contributed by atoms with Gasteiger partial charge in [0.15, 0.2) is 11.6 Å². The van der Waals surface area contributed by atoms with Gasteiger partial charge in [-0.2, -0.15) is 5.26 Å². The first-order valence-electron chi connectivity index (χ1n) is 7.06. The minimum absolute atomic E-state index is 0.172. The molecule has 0 spiro atoms. The van der Waals surface area contributed by atoms with Crippen molar-refractivity contribution in [1.82, 2.24) is 4.98 Å². The van der Waals surface area contributed by atoms with Gasteiger partial charge in [0.2, 0.25) is 0 Å². The van der Waals surface area contributed by atoms with E-state index in [0.717, 1.165) is 17.7 Å². The number of aromatic nitrogens is 1. The van der Waals surface area contributed by atoms with E-state index in [9.17, 15) is 17.2 Å². The summed E-state index contributed by atoms with van der Waals surface area (Å²) in [6.07, 6.45) is 1.23. The summed E-state index contributed by atoms with van der Waals surface area (Å²) in [6.45, 7) is 0. The number of rotatable bonds is 4. The predicted molar refractivity (Wildman–Crippen MR) is 88.1 cm³/mol. The Morgan fingerprint density at radius 3 is 2.28 bits per heavy atom. The molecule has 0 aliphatic carbocycles. The Bertz CT molecular complexity index is 1050. The smallest absolute Gasteiger partial charge is 0.263 e. The number of sulfonamides is 1. The van der Waals surface area contributed by atoms with Gasteiger partial charge in [0.25, 0.3) is 10.0 Å². The van der Waals surface area contributed by atoms with E-state index in [0.29, 0.717) is 5.69 Å². The molecule has 126 valence electrons. The number of H-pyrrole nitrogens is 1. The second-order valence-corrected chi connectivity index (χ2v) is 6.83. The maximum Gasteiger partial charge on any atom is 0.263 e. The van der Waals surface area contributed by atoms with E-state index in [-0.39, 0.29) is 10.5 Å². The zero-order valence-electron chi connectivity index (χ0n) is 12.6. The first kappa shape index (κ1) is 16.7. The largest absolute Gasteiger partial charge is 0.360 e. The average Bonchev–Trinajstić information content (AvgIpc) is 3.10. The van der Waals surface area contributed by atoms with Gasteiger partial charge in [0.1, 0.15) is 10.6 Å². The van der Waals surface area contributed by atoms with E-state index in [1.165, 1.54) is 12.3 Å². The lowest BCUT2D eigenvalue weighted by Crippen LogP contribution is -2.14. The summed E-state index contributed by atoms with van der Waals surface area (Å²) in [6, 6.07) is 13.5. The van der Waals surface area contributed by atoms with Crippen LogP contribution >= 0.6 is 0 Å². The second-order valence-electron chi connectivity index (χ2n) is 5.15. The van der Waals surface area contributed by atoms with Crippen molar-refractivity contribution >= 4 is 15.7 Å². The molecule has 0 aliphatic heterocycles. The molecule has 2 aromatic carbocycles. The molecular weight excluding hydrogens is 348 g/mol. The van der Waals surface area contributed by atoms with Gasteiger partial charge in [0.05, 0.1) is 11.6 Å². The first-order chi connectivity index (χ1) is 11.9. The summed E-state index contributed by atoms with van der Waals surface area (Å²) in [5, 5.41) is 8.67. The number of halogens is 2. The van der Waals surface area contributed by atoms with Gasteiger partial charge in [-0.15, -0.1) is 0 Å². The standard InChI is InChI=1S/C17H11F2N3O2S/c18-14-6-11(9-20)7-15(19)17(14)22-25(23,24)13-8-16(21-10-13)12-4-2-1-3-5-12/h1-8,10,21-22H. The van der Waals surface area contributed by atoms with Crippen LogP contribution in [0.4, 0.5) is 14.5 Å². The molecule has 0 saturated carbocycles. The van der Waals surface area contributed by atoms with Crippen molar-refractivity contribution in [2.75, 3.05) is 4.72 Å². The van der Waals surface area contributed by atoms with Crippen molar-refractivity contribution < 1.29 is 17.2 Å². The highest BCUT2D eigenvalue weighted by molar-refractivity contribution is 7.92. The molecule has 0 unspecified atom stereocenters. The molecule has 0 saturated heterocycles. The Morgan fingerprint density at radius 1 is 1.04 bits per heavy atom. The van der Waals surface area contributed by atoms with Crippen LogP contribution in [-0.4, -0.2) is 13.4 Å². The van der Waals surface area contributed by atoms with E-state index >= 15 is 0 Å². The number of hydrogen-bond donors (Lipinski definition) is 2. The molecule has 0 atom stereocenters. The van der Waals surface area contributed by atoms with Gasteiger partial charge in [-0.25, -0.2) is 17.2 Å². The van der Waals surface area contributed by atoms with E-state index < -0.39 is 27.3 Å². The highest BCUT2D eigenvalue weighted by Gasteiger charge is 2.21. The monoisotopic (exact) mass is 359 g/mol. The molecule has 0 aliphatic rings. The van der Waals surface area contributed by atoms with Crippen LogP contribution in [0.15, 0.2) is 59.6 Å². The predicted octanol–water partition coefficient (Wildman–Crippen LogP) is 3.63. The molecule has 0 bridgehead atoms. The van der Waals surface area contributed by atoms with Gasteiger partial charge in [0, 0.05) is 11.9 Å². The van der Waals surface area contributed by atoms with Crippen molar-refractivity contribution in [2.45, 2.75) is 4.90 Å². The van der Waals surface area contributed by atoms with Crippen LogP contribution in [0.5, 0.6) is 0 Å². The van der Waals surface area contributed by atoms with Crippen LogP contribution in [0.3, 0.4) is 0 Å². The quantitative estimate of drug-likeness (QED) is 0.746. The van der Waals surface area contributed by atoms with Crippen LogP contribution in [0.1, 0.15) is 5.56 Å². The Hall–Kier alpha value is -3.18. The van der Waals surface area contributed by atoms with Gasteiger partial charge in [-0.1, -0.05) is 30.3 Å². The Morgan fingerprint density at radius 2 is 1.68 bits per heavy atom. The number of nitrogens with one attached hydrogen (secondary N) is 2. The van der Waals surface area contributed by atoms with Gasteiger partial charge < -0.3 is 4.98 Å². The van der Waals surface area contributed by atoms with E-state index in [1.54, 1.807) is 30.3 Å². The summed E-state index contributed by atoms with van der Waals surface area (Å²) >= 11 is 0. The molecule has 1 aromatic heterocycles. The highest BCUT2D eigenvalue weighted by atomic mass is 32.2. The summed E-state index contributed by atoms with van der Waals surface area (Å²) in [5.41, 5.74) is 0.230. The van der Waals surface area contributed by atoms with Crippen molar-refractivity contribution in [2.24, 2.45) is 0 Å². The van der Waals surface area contributed by atoms with Crippen molar-refractivity contribution in [3.05, 3.63) is 71.9 Å². The lowest BCUT2D eigenvalue weighted by molar-refractivity contribution is 0.582. The molecule has 0 fully saturated rings. The molecule has 25 heavy (non-hydrogen) atoms. The molecule has 3 aromatic rings.